The van der Waals surface area contributed by atoms with Gasteiger partial charge in [0.05, 0.1) is 22.0 Å². The first-order valence-corrected chi connectivity index (χ1v) is 10.0. The summed E-state index contributed by atoms with van der Waals surface area (Å²) in [6.45, 7) is 6.51. The van der Waals surface area contributed by atoms with Gasteiger partial charge >= 0.3 is 0 Å². The lowest BCUT2D eigenvalue weighted by molar-refractivity contribution is -0.131. The predicted octanol–water partition coefficient (Wildman–Crippen LogP) is 4.61. The van der Waals surface area contributed by atoms with Crippen LogP contribution in [0.3, 0.4) is 0 Å². The molecular formula is C21H23Cl2N3O2. The molecule has 7 heteroatoms. The molecule has 1 N–H and O–H groups in total. The van der Waals surface area contributed by atoms with Crippen LogP contribution in [0.5, 0.6) is 0 Å². The first-order valence-electron chi connectivity index (χ1n) is 9.29. The van der Waals surface area contributed by atoms with Gasteiger partial charge in [0.15, 0.2) is 0 Å². The molecule has 0 bridgehead atoms. The lowest BCUT2D eigenvalue weighted by Gasteiger charge is -2.37. The first kappa shape index (κ1) is 20.5. The Morgan fingerprint density at radius 1 is 1.04 bits per heavy atom. The molecule has 0 aromatic heterocycles. The van der Waals surface area contributed by atoms with Crippen molar-refractivity contribution in [3.05, 3.63) is 57.6 Å². The van der Waals surface area contributed by atoms with Crippen LogP contribution in [0.1, 0.15) is 29.3 Å². The maximum Gasteiger partial charge on any atom is 0.257 e. The van der Waals surface area contributed by atoms with E-state index >= 15 is 0 Å². The number of benzene rings is 2. The number of hydrogen-bond donors (Lipinski definition) is 1. The van der Waals surface area contributed by atoms with Crippen molar-refractivity contribution in [1.29, 1.82) is 0 Å². The second-order valence-corrected chi connectivity index (χ2v) is 7.66. The van der Waals surface area contributed by atoms with E-state index in [1.807, 2.05) is 30.9 Å². The molecular weight excluding hydrogens is 397 g/mol. The van der Waals surface area contributed by atoms with Crippen LogP contribution in [-0.2, 0) is 4.79 Å². The predicted molar refractivity (Wildman–Crippen MR) is 115 cm³/mol. The van der Waals surface area contributed by atoms with Crippen molar-refractivity contribution in [3.63, 3.8) is 0 Å². The zero-order valence-electron chi connectivity index (χ0n) is 16.0. The number of carbonyl (C=O) groups is 2. The Labute approximate surface area is 175 Å². The lowest BCUT2D eigenvalue weighted by Crippen LogP contribution is -2.48. The van der Waals surface area contributed by atoms with Crippen LogP contribution in [0.4, 0.5) is 11.4 Å². The quantitative estimate of drug-likeness (QED) is 0.786. The number of rotatable bonds is 4. The monoisotopic (exact) mass is 419 g/mol. The Morgan fingerprint density at radius 2 is 1.75 bits per heavy atom. The molecule has 0 radical (unpaired) electrons. The third-order valence-corrected chi connectivity index (χ3v) is 5.40. The first-order chi connectivity index (χ1) is 13.4. The molecule has 2 amide bonds. The van der Waals surface area contributed by atoms with E-state index < -0.39 is 0 Å². The van der Waals surface area contributed by atoms with Crippen molar-refractivity contribution in [3.8, 4) is 0 Å². The molecule has 148 valence electrons. The number of carbonyl (C=O) groups excluding carboxylic acids is 2. The normalized spacial score (nSPS) is 14.1. The number of anilines is 2. The van der Waals surface area contributed by atoms with Gasteiger partial charge in [-0.2, -0.15) is 0 Å². The van der Waals surface area contributed by atoms with Gasteiger partial charge in [0, 0.05) is 37.6 Å². The highest BCUT2D eigenvalue weighted by Crippen LogP contribution is 2.31. The van der Waals surface area contributed by atoms with E-state index in [9.17, 15) is 9.59 Å². The summed E-state index contributed by atoms with van der Waals surface area (Å²) in [5, 5.41) is 3.89. The van der Waals surface area contributed by atoms with Crippen molar-refractivity contribution in [1.82, 2.24) is 4.90 Å². The summed E-state index contributed by atoms with van der Waals surface area (Å²) in [6, 6.07) is 10.8. The van der Waals surface area contributed by atoms with Crippen molar-refractivity contribution < 1.29 is 9.59 Å². The van der Waals surface area contributed by atoms with Gasteiger partial charge in [-0.1, -0.05) is 36.2 Å². The van der Waals surface area contributed by atoms with E-state index in [4.69, 9.17) is 23.2 Å². The van der Waals surface area contributed by atoms with Gasteiger partial charge in [-0.25, -0.2) is 0 Å². The van der Waals surface area contributed by atoms with E-state index in [-0.39, 0.29) is 11.8 Å². The van der Waals surface area contributed by atoms with Crippen LogP contribution in [0, 0.1) is 6.92 Å². The summed E-state index contributed by atoms with van der Waals surface area (Å²) in [5.74, 6) is -0.119. The minimum atomic E-state index is -0.284. The fourth-order valence-corrected chi connectivity index (χ4v) is 3.79. The summed E-state index contributed by atoms with van der Waals surface area (Å²) >= 11 is 12.4. The highest BCUT2D eigenvalue weighted by Gasteiger charge is 2.23. The highest BCUT2D eigenvalue weighted by molar-refractivity contribution is 6.34. The van der Waals surface area contributed by atoms with Crippen LogP contribution in [0.15, 0.2) is 36.4 Å². The molecule has 1 fully saturated rings. The maximum absolute atomic E-state index is 12.8. The summed E-state index contributed by atoms with van der Waals surface area (Å²) in [5.41, 5.74) is 2.91. The molecule has 0 aliphatic carbocycles. The van der Waals surface area contributed by atoms with E-state index in [0.717, 1.165) is 11.3 Å². The molecule has 3 rings (SSSR count). The van der Waals surface area contributed by atoms with Gasteiger partial charge < -0.3 is 15.1 Å². The van der Waals surface area contributed by atoms with Crippen molar-refractivity contribution in [2.75, 3.05) is 36.4 Å². The van der Waals surface area contributed by atoms with Gasteiger partial charge in [-0.15, -0.1) is 0 Å². The van der Waals surface area contributed by atoms with E-state index in [2.05, 4.69) is 10.2 Å². The van der Waals surface area contributed by atoms with Gasteiger partial charge in [-0.05, 0) is 42.8 Å². The second-order valence-electron chi connectivity index (χ2n) is 6.82. The SMILES string of the molecule is CCC(=O)N1CCN(c2ccc(Cl)cc2NC(=O)c2ccc(C)cc2Cl)CC1. The molecule has 0 unspecified atom stereocenters. The molecule has 1 heterocycles. The molecule has 1 aliphatic rings. The molecule has 1 saturated heterocycles. The molecule has 28 heavy (non-hydrogen) atoms. The number of amides is 2. The standard InChI is InChI=1S/C21H23Cl2N3O2/c1-3-20(27)26-10-8-25(9-11-26)19-7-5-15(22)13-18(19)24-21(28)16-6-4-14(2)12-17(16)23/h4-7,12-13H,3,8-11H2,1-2H3,(H,24,28). The Hall–Kier alpha value is -2.24. The number of nitrogens with zero attached hydrogens (tertiary/aromatic N) is 2. The Bertz CT molecular complexity index is 893. The van der Waals surface area contributed by atoms with Crippen molar-refractivity contribution in [2.45, 2.75) is 20.3 Å². The van der Waals surface area contributed by atoms with Crippen LogP contribution < -0.4 is 10.2 Å². The number of nitrogens with one attached hydrogen (secondary N) is 1. The largest absolute Gasteiger partial charge is 0.366 e. The average molecular weight is 420 g/mol. The molecule has 0 saturated carbocycles. The van der Waals surface area contributed by atoms with E-state index in [1.54, 1.807) is 24.3 Å². The second kappa shape index (κ2) is 8.84. The number of piperazine rings is 1. The maximum atomic E-state index is 12.8. The summed E-state index contributed by atoms with van der Waals surface area (Å²) in [4.78, 5) is 28.7. The average Bonchev–Trinajstić information content (AvgIpc) is 2.67. The highest BCUT2D eigenvalue weighted by atomic mass is 35.5. The summed E-state index contributed by atoms with van der Waals surface area (Å²) < 4.78 is 0. The van der Waals surface area contributed by atoms with Crippen LogP contribution >= 0.6 is 23.2 Å². The number of aryl methyl sites for hydroxylation is 1. The molecule has 2 aromatic rings. The van der Waals surface area contributed by atoms with Crippen LogP contribution in [-0.4, -0.2) is 42.9 Å². The Morgan fingerprint density at radius 3 is 2.39 bits per heavy atom. The van der Waals surface area contributed by atoms with Gasteiger partial charge in [0.1, 0.15) is 0 Å². The van der Waals surface area contributed by atoms with E-state index in [1.165, 1.54) is 0 Å². The number of hydrogen-bond acceptors (Lipinski definition) is 3. The smallest absolute Gasteiger partial charge is 0.257 e. The fraction of sp³-hybridized carbons (Fsp3) is 0.333. The van der Waals surface area contributed by atoms with E-state index in [0.29, 0.717) is 53.9 Å². The van der Waals surface area contributed by atoms with Crippen molar-refractivity contribution >= 4 is 46.4 Å². The summed E-state index contributed by atoms with van der Waals surface area (Å²) in [7, 11) is 0. The molecule has 1 aliphatic heterocycles. The van der Waals surface area contributed by atoms with Crippen molar-refractivity contribution in [2.24, 2.45) is 0 Å². The zero-order valence-corrected chi connectivity index (χ0v) is 17.5. The lowest BCUT2D eigenvalue weighted by atomic mass is 10.1. The van der Waals surface area contributed by atoms with Gasteiger partial charge in [0.25, 0.3) is 5.91 Å². The van der Waals surface area contributed by atoms with Crippen LogP contribution in [0.2, 0.25) is 10.0 Å². The minimum absolute atomic E-state index is 0.165. The molecule has 0 atom stereocenters. The zero-order chi connectivity index (χ0) is 20.3. The van der Waals surface area contributed by atoms with Gasteiger partial charge in [-0.3, -0.25) is 9.59 Å². The van der Waals surface area contributed by atoms with Crippen LogP contribution in [0.25, 0.3) is 0 Å². The molecule has 2 aromatic carbocycles. The topological polar surface area (TPSA) is 52.7 Å². The fourth-order valence-electron chi connectivity index (χ4n) is 3.30. The number of halogens is 2. The summed E-state index contributed by atoms with van der Waals surface area (Å²) in [6.07, 6.45) is 0.513. The Balaban J connectivity index is 1.80. The third kappa shape index (κ3) is 4.59. The minimum Gasteiger partial charge on any atom is -0.366 e. The third-order valence-electron chi connectivity index (χ3n) is 4.85. The van der Waals surface area contributed by atoms with Gasteiger partial charge in [0.2, 0.25) is 5.91 Å². The molecule has 5 nitrogen and oxygen atoms in total. The molecule has 0 spiro atoms. The Kier molecular flexibility index (Phi) is 6.47.